The van der Waals surface area contributed by atoms with Crippen molar-refractivity contribution in [2.45, 2.75) is 0 Å². The standard InChI is InChI=1S/C17H16N2O/c1-18(2)14-7-9-15(10-8-14)19-11-13(12-20)16-5-3-4-6-17(16)19/h3-12H,1-2H3. The second kappa shape index (κ2) is 4.85. The first kappa shape index (κ1) is 12.5. The number of hydrogen-bond acceptors (Lipinski definition) is 2. The Labute approximate surface area is 118 Å². The van der Waals surface area contributed by atoms with Gasteiger partial charge in [0, 0.05) is 42.6 Å². The summed E-state index contributed by atoms with van der Waals surface area (Å²) in [5.41, 5.74) is 3.98. The van der Waals surface area contributed by atoms with Crippen LogP contribution in [0.4, 0.5) is 5.69 Å². The minimum absolute atomic E-state index is 0.720. The normalized spacial score (nSPS) is 10.7. The van der Waals surface area contributed by atoms with Crippen LogP contribution >= 0.6 is 0 Å². The van der Waals surface area contributed by atoms with Gasteiger partial charge in [0.25, 0.3) is 0 Å². The Balaban J connectivity index is 2.16. The molecule has 100 valence electrons. The van der Waals surface area contributed by atoms with Gasteiger partial charge in [-0.1, -0.05) is 18.2 Å². The molecule has 2 aromatic carbocycles. The van der Waals surface area contributed by atoms with E-state index >= 15 is 0 Å². The van der Waals surface area contributed by atoms with E-state index in [2.05, 4.69) is 33.7 Å². The molecular weight excluding hydrogens is 248 g/mol. The number of carbonyl (C=O) groups is 1. The maximum atomic E-state index is 11.2. The van der Waals surface area contributed by atoms with Gasteiger partial charge < -0.3 is 9.47 Å². The highest BCUT2D eigenvalue weighted by Crippen LogP contribution is 2.24. The van der Waals surface area contributed by atoms with Crippen molar-refractivity contribution in [2.24, 2.45) is 0 Å². The number of fused-ring (bicyclic) bond motifs is 1. The Morgan fingerprint density at radius 1 is 1.00 bits per heavy atom. The van der Waals surface area contributed by atoms with E-state index in [1.54, 1.807) is 0 Å². The highest BCUT2D eigenvalue weighted by Gasteiger charge is 2.08. The van der Waals surface area contributed by atoms with Crippen LogP contribution in [0.2, 0.25) is 0 Å². The van der Waals surface area contributed by atoms with Crippen LogP contribution in [0.3, 0.4) is 0 Å². The highest BCUT2D eigenvalue weighted by atomic mass is 16.1. The third kappa shape index (κ3) is 1.97. The molecule has 0 atom stereocenters. The predicted octanol–water partition coefficient (Wildman–Crippen LogP) is 3.51. The summed E-state index contributed by atoms with van der Waals surface area (Å²) in [5, 5.41) is 0.985. The lowest BCUT2D eigenvalue weighted by molar-refractivity contribution is 0.112. The number of hydrogen-bond donors (Lipinski definition) is 0. The van der Waals surface area contributed by atoms with Crippen LogP contribution in [0.5, 0.6) is 0 Å². The second-order valence-electron chi connectivity index (χ2n) is 5.00. The first-order valence-corrected chi connectivity index (χ1v) is 6.54. The predicted molar refractivity (Wildman–Crippen MR) is 83.0 cm³/mol. The van der Waals surface area contributed by atoms with Crippen LogP contribution in [-0.2, 0) is 0 Å². The van der Waals surface area contributed by atoms with Crippen LogP contribution in [0.1, 0.15) is 10.4 Å². The molecule has 0 fully saturated rings. The van der Waals surface area contributed by atoms with E-state index in [0.717, 1.165) is 34.1 Å². The van der Waals surface area contributed by atoms with Crippen molar-refractivity contribution in [3.8, 4) is 5.69 Å². The highest BCUT2D eigenvalue weighted by molar-refractivity contribution is 5.98. The van der Waals surface area contributed by atoms with Crippen molar-refractivity contribution in [3.05, 3.63) is 60.3 Å². The van der Waals surface area contributed by atoms with Crippen molar-refractivity contribution in [3.63, 3.8) is 0 Å². The van der Waals surface area contributed by atoms with Gasteiger partial charge >= 0.3 is 0 Å². The van der Waals surface area contributed by atoms with E-state index < -0.39 is 0 Å². The van der Waals surface area contributed by atoms with Gasteiger partial charge in [0.15, 0.2) is 6.29 Å². The number of aromatic nitrogens is 1. The molecule has 0 aliphatic carbocycles. The molecule has 1 aromatic heterocycles. The summed E-state index contributed by atoms with van der Waals surface area (Å²) >= 11 is 0. The van der Waals surface area contributed by atoms with Crippen molar-refractivity contribution >= 4 is 22.9 Å². The molecule has 0 bridgehead atoms. The Kier molecular flexibility index (Phi) is 3.03. The summed E-state index contributed by atoms with van der Waals surface area (Å²) in [6.07, 6.45) is 2.80. The molecule has 0 saturated carbocycles. The molecule has 0 amide bonds. The van der Waals surface area contributed by atoms with E-state index in [1.807, 2.05) is 44.6 Å². The largest absolute Gasteiger partial charge is 0.378 e. The molecule has 0 N–H and O–H groups in total. The molecule has 0 aliphatic heterocycles. The van der Waals surface area contributed by atoms with Gasteiger partial charge in [-0.25, -0.2) is 0 Å². The lowest BCUT2D eigenvalue weighted by Gasteiger charge is -2.13. The smallest absolute Gasteiger partial charge is 0.152 e. The Morgan fingerprint density at radius 2 is 1.70 bits per heavy atom. The molecule has 20 heavy (non-hydrogen) atoms. The summed E-state index contributed by atoms with van der Waals surface area (Å²) in [4.78, 5) is 13.3. The third-order valence-electron chi connectivity index (χ3n) is 3.51. The van der Waals surface area contributed by atoms with Crippen LogP contribution in [0, 0.1) is 0 Å². The summed E-state index contributed by atoms with van der Waals surface area (Å²) in [7, 11) is 4.04. The number of anilines is 1. The van der Waals surface area contributed by atoms with E-state index in [0.29, 0.717) is 0 Å². The molecule has 1 heterocycles. The number of carbonyl (C=O) groups excluding carboxylic acids is 1. The van der Waals surface area contributed by atoms with Gasteiger partial charge in [-0.3, -0.25) is 4.79 Å². The number of benzene rings is 2. The average molecular weight is 264 g/mol. The summed E-state index contributed by atoms with van der Waals surface area (Å²) < 4.78 is 2.05. The van der Waals surface area contributed by atoms with E-state index in [4.69, 9.17) is 0 Å². The molecule has 0 saturated heterocycles. The zero-order chi connectivity index (χ0) is 14.1. The first-order valence-electron chi connectivity index (χ1n) is 6.54. The molecule has 3 rings (SSSR count). The van der Waals surface area contributed by atoms with Gasteiger partial charge in [-0.05, 0) is 30.3 Å². The summed E-state index contributed by atoms with van der Waals surface area (Å²) in [6, 6.07) is 16.2. The molecular formula is C17H16N2O. The van der Waals surface area contributed by atoms with Crippen molar-refractivity contribution in [1.82, 2.24) is 4.57 Å². The number of aldehydes is 1. The minimum atomic E-state index is 0.720. The molecule has 3 aromatic rings. The van der Waals surface area contributed by atoms with Gasteiger partial charge in [0.2, 0.25) is 0 Å². The van der Waals surface area contributed by atoms with Gasteiger partial charge in [0.1, 0.15) is 0 Å². The average Bonchev–Trinajstić information content (AvgIpc) is 2.86. The minimum Gasteiger partial charge on any atom is -0.378 e. The topological polar surface area (TPSA) is 25.2 Å². The number of rotatable bonds is 3. The van der Waals surface area contributed by atoms with Gasteiger partial charge in [-0.2, -0.15) is 0 Å². The SMILES string of the molecule is CN(C)c1ccc(-n2cc(C=O)c3ccccc32)cc1. The number of nitrogens with zero attached hydrogens (tertiary/aromatic N) is 2. The zero-order valence-electron chi connectivity index (χ0n) is 11.6. The Bertz CT molecular complexity index is 754. The van der Waals surface area contributed by atoms with E-state index in [9.17, 15) is 4.79 Å². The first-order chi connectivity index (χ1) is 9.70. The molecule has 0 spiro atoms. The van der Waals surface area contributed by atoms with Crippen LogP contribution in [0.25, 0.3) is 16.6 Å². The van der Waals surface area contributed by atoms with Crippen molar-refractivity contribution in [1.29, 1.82) is 0 Å². The maximum Gasteiger partial charge on any atom is 0.152 e. The van der Waals surface area contributed by atoms with Crippen LogP contribution < -0.4 is 4.90 Å². The van der Waals surface area contributed by atoms with Crippen molar-refractivity contribution < 1.29 is 4.79 Å². The molecule has 0 radical (unpaired) electrons. The fourth-order valence-electron chi connectivity index (χ4n) is 2.42. The van der Waals surface area contributed by atoms with E-state index in [1.165, 1.54) is 0 Å². The second-order valence-corrected chi connectivity index (χ2v) is 5.00. The summed E-state index contributed by atoms with van der Waals surface area (Å²) in [6.45, 7) is 0. The van der Waals surface area contributed by atoms with Crippen LogP contribution in [0.15, 0.2) is 54.7 Å². The zero-order valence-corrected chi connectivity index (χ0v) is 11.6. The molecule has 3 nitrogen and oxygen atoms in total. The van der Waals surface area contributed by atoms with Crippen molar-refractivity contribution in [2.75, 3.05) is 19.0 Å². The lowest BCUT2D eigenvalue weighted by atomic mass is 10.2. The summed E-state index contributed by atoms with van der Waals surface area (Å²) in [5.74, 6) is 0. The number of para-hydroxylation sites is 1. The third-order valence-corrected chi connectivity index (χ3v) is 3.51. The Hall–Kier alpha value is -2.55. The fourth-order valence-corrected chi connectivity index (χ4v) is 2.42. The quantitative estimate of drug-likeness (QED) is 0.676. The lowest BCUT2D eigenvalue weighted by Crippen LogP contribution is -2.08. The molecule has 0 unspecified atom stereocenters. The van der Waals surface area contributed by atoms with Gasteiger partial charge in [-0.15, -0.1) is 0 Å². The maximum absolute atomic E-state index is 11.2. The fraction of sp³-hybridized carbons (Fsp3) is 0.118. The van der Waals surface area contributed by atoms with E-state index in [-0.39, 0.29) is 0 Å². The monoisotopic (exact) mass is 264 g/mol. The van der Waals surface area contributed by atoms with Gasteiger partial charge in [0.05, 0.1) is 5.52 Å². The van der Waals surface area contributed by atoms with Crippen LogP contribution in [-0.4, -0.2) is 24.9 Å². The molecule has 3 heteroatoms. The Morgan fingerprint density at radius 3 is 2.35 bits per heavy atom. The molecule has 0 aliphatic rings.